The van der Waals surface area contributed by atoms with Crippen LogP contribution in [0.1, 0.15) is 140 Å². The zero-order valence-electron chi connectivity index (χ0n) is 25.0. The molecule has 0 radical (unpaired) electrons. The van der Waals surface area contributed by atoms with Gasteiger partial charge in [0.05, 0.1) is 0 Å². The lowest BCUT2D eigenvalue weighted by atomic mass is 9.66. The summed E-state index contributed by atoms with van der Waals surface area (Å²) in [5, 5.41) is 20.3. The minimum Gasteiger partial charge on any atom is -0.481 e. The quantitative estimate of drug-likeness (QED) is 0.288. The lowest BCUT2D eigenvalue weighted by molar-refractivity contribution is -0.259. The number of hydrogen-bond donors (Lipinski definition) is 2. The predicted octanol–water partition coefficient (Wildman–Crippen LogP) is 7.16. The molecule has 0 aromatic heterocycles. The van der Waals surface area contributed by atoms with Crippen LogP contribution in [0, 0.1) is 11.8 Å². The smallest absolute Gasteiger partial charge is 0.339 e. The number of piperidine rings is 2. The fraction of sp³-hybridized carbons (Fsp3) is 0.933. The van der Waals surface area contributed by atoms with Crippen LogP contribution < -0.4 is 0 Å². The molecule has 2 heterocycles. The molecule has 0 aliphatic carbocycles. The fourth-order valence-corrected chi connectivity index (χ4v) is 7.83. The Bertz CT molecular complexity index is 744. The van der Waals surface area contributed by atoms with Gasteiger partial charge in [-0.1, -0.05) is 33.1 Å². The van der Waals surface area contributed by atoms with Gasteiger partial charge in [-0.15, -0.1) is 0 Å². The summed E-state index contributed by atoms with van der Waals surface area (Å²) in [7, 11) is 0. The van der Waals surface area contributed by atoms with E-state index in [4.69, 9.17) is 5.11 Å². The second kappa shape index (κ2) is 10.9. The molecule has 2 aliphatic rings. The maximum atomic E-state index is 13.9. The SMILES string of the molecule is CC1CCC(C)(C)N(C(CCCCCCCC(=O)O)(C(=O)O)N2C(C)(C)CCC(C)C2(C)C)C1(C)C. The van der Waals surface area contributed by atoms with Crippen molar-refractivity contribution in [3.8, 4) is 0 Å². The fourth-order valence-electron chi connectivity index (χ4n) is 7.83. The molecule has 0 bridgehead atoms. The molecule has 2 saturated heterocycles. The molecule has 0 aromatic rings. The average molecular weight is 509 g/mol. The van der Waals surface area contributed by atoms with Gasteiger partial charge >= 0.3 is 11.9 Å². The highest BCUT2D eigenvalue weighted by molar-refractivity contribution is 5.79. The topological polar surface area (TPSA) is 81.1 Å². The van der Waals surface area contributed by atoms with E-state index in [0.29, 0.717) is 24.7 Å². The molecule has 2 N–H and O–H groups in total. The number of likely N-dealkylation sites (tertiary alicyclic amines) is 2. The molecular formula is C30H56N2O4. The molecule has 36 heavy (non-hydrogen) atoms. The summed E-state index contributed by atoms with van der Waals surface area (Å²) in [6, 6.07) is 0. The van der Waals surface area contributed by atoms with E-state index in [-0.39, 0.29) is 28.6 Å². The molecule has 2 atom stereocenters. The predicted molar refractivity (Wildman–Crippen MR) is 147 cm³/mol. The van der Waals surface area contributed by atoms with Gasteiger partial charge in [0.25, 0.3) is 0 Å². The molecule has 0 amide bonds. The van der Waals surface area contributed by atoms with Gasteiger partial charge in [0.2, 0.25) is 0 Å². The monoisotopic (exact) mass is 508 g/mol. The first-order valence-electron chi connectivity index (χ1n) is 14.4. The molecule has 210 valence electrons. The summed E-state index contributed by atoms with van der Waals surface area (Å²) in [6.07, 6.45) is 9.16. The van der Waals surface area contributed by atoms with Crippen LogP contribution in [0.4, 0.5) is 0 Å². The number of carboxylic acid groups (broad SMARTS) is 2. The standard InChI is InChI=1S/C30H56N2O4/c1-22-17-20-26(3,4)31(28(22,7)8)30(25(35)36,19-15-13-11-12-14-16-24(33)34)32-27(5,6)21-18-23(2)29(32,9)10/h22-23H,11-21H2,1-10H3,(H,33,34)(H,35,36). The Balaban J connectivity index is 2.60. The van der Waals surface area contributed by atoms with Crippen LogP contribution in [0.25, 0.3) is 0 Å². The zero-order chi connectivity index (χ0) is 27.7. The van der Waals surface area contributed by atoms with Gasteiger partial charge in [-0.25, -0.2) is 4.79 Å². The van der Waals surface area contributed by atoms with Crippen molar-refractivity contribution in [2.24, 2.45) is 11.8 Å². The van der Waals surface area contributed by atoms with Crippen LogP contribution in [0.2, 0.25) is 0 Å². The third kappa shape index (κ3) is 5.80. The Kier molecular flexibility index (Phi) is 9.43. The number of rotatable bonds is 11. The van der Waals surface area contributed by atoms with Crippen molar-refractivity contribution in [3.63, 3.8) is 0 Å². The molecule has 6 heteroatoms. The van der Waals surface area contributed by atoms with Crippen molar-refractivity contribution in [1.29, 1.82) is 0 Å². The van der Waals surface area contributed by atoms with Crippen molar-refractivity contribution >= 4 is 11.9 Å². The van der Waals surface area contributed by atoms with E-state index in [0.717, 1.165) is 51.4 Å². The molecule has 0 saturated carbocycles. The summed E-state index contributed by atoms with van der Waals surface area (Å²) in [4.78, 5) is 29.6. The van der Waals surface area contributed by atoms with Gasteiger partial charge in [0.15, 0.2) is 5.66 Å². The number of unbranched alkanes of at least 4 members (excludes halogenated alkanes) is 4. The number of hydrogen-bond acceptors (Lipinski definition) is 4. The molecular weight excluding hydrogens is 452 g/mol. The van der Waals surface area contributed by atoms with E-state index in [9.17, 15) is 14.7 Å². The van der Waals surface area contributed by atoms with Crippen LogP contribution in [-0.2, 0) is 9.59 Å². The molecule has 0 aromatic carbocycles. The Morgan fingerprint density at radius 2 is 1.11 bits per heavy atom. The van der Waals surface area contributed by atoms with Crippen LogP contribution in [0.5, 0.6) is 0 Å². The maximum absolute atomic E-state index is 13.9. The second-order valence-electron chi connectivity index (χ2n) is 14.3. The Hall–Kier alpha value is -1.14. The van der Waals surface area contributed by atoms with E-state index >= 15 is 0 Å². The van der Waals surface area contributed by atoms with E-state index in [1.54, 1.807) is 0 Å². The molecule has 2 aliphatic heterocycles. The molecule has 2 rings (SSSR count). The normalized spacial score (nSPS) is 29.4. The van der Waals surface area contributed by atoms with Crippen LogP contribution in [0.15, 0.2) is 0 Å². The lowest BCUT2D eigenvalue weighted by Crippen LogP contribution is -2.83. The third-order valence-electron chi connectivity index (χ3n) is 10.2. The highest BCUT2D eigenvalue weighted by atomic mass is 16.4. The summed E-state index contributed by atoms with van der Waals surface area (Å²) < 4.78 is 0. The summed E-state index contributed by atoms with van der Waals surface area (Å²) in [6.45, 7) is 22.6. The first-order chi connectivity index (χ1) is 16.3. The van der Waals surface area contributed by atoms with Crippen molar-refractivity contribution in [2.45, 2.75) is 168 Å². The van der Waals surface area contributed by atoms with Crippen molar-refractivity contribution in [3.05, 3.63) is 0 Å². The van der Waals surface area contributed by atoms with E-state index in [2.05, 4.69) is 79.0 Å². The lowest BCUT2D eigenvalue weighted by Gasteiger charge is -2.70. The van der Waals surface area contributed by atoms with Gasteiger partial charge in [0, 0.05) is 28.6 Å². The molecule has 2 fully saturated rings. The first kappa shape index (κ1) is 31.1. The third-order valence-corrected chi connectivity index (χ3v) is 10.2. The maximum Gasteiger partial charge on any atom is 0.339 e. The van der Waals surface area contributed by atoms with Gasteiger partial charge in [-0.2, -0.15) is 0 Å². The highest BCUT2D eigenvalue weighted by Crippen LogP contribution is 2.55. The summed E-state index contributed by atoms with van der Waals surface area (Å²) in [5.74, 6) is -0.700. The molecule has 2 unspecified atom stereocenters. The van der Waals surface area contributed by atoms with Crippen LogP contribution in [0.3, 0.4) is 0 Å². The Morgan fingerprint density at radius 1 is 0.722 bits per heavy atom. The summed E-state index contributed by atoms with van der Waals surface area (Å²) in [5.41, 5.74) is -2.22. The largest absolute Gasteiger partial charge is 0.481 e. The van der Waals surface area contributed by atoms with Crippen LogP contribution in [-0.4, -0.2) is 59.8 Å². The number of carbonyl (C=O) groups is 2. The van der Waals surface area contributed by atoms with E-state index in [1.807, 2.05) is 0 Å². The average Bonchev–Trinajstić information content (AvgIpc) is 2.72. The number of carboxylic acids is 2. The Morgan fingerprint density at radius 3 is 1.50 bits per heavy atom. The first-order valence-corrected chi connectivity index (χ1v) is 14.4. The molecule has 0 spiro atoms. The van der Waals surface area contributed by atoms with Crippen molar-refractivity contribution < 1.29 is 19.8 Å². The van der Waals surface area contributed by atoms with E-state index < -0.39 is 17.6 Å². The number of nitrogens with zero attached hydrogens (tertiary/aromatic N) is 2. The van der Waals surface area contributed by atoms with Gasteiger partial charge in [-0.05, 0) is 112 Å². The highest BCUT2D eigenvalue weighted by Gasteiger charge is 2.66. The van der Waals surface area contributed by atoms with E-state index in [1.165, 1.54) is 0 Å². The van der Waals surface area contributed by atoms with Crippen LogP contribution >= 0.6 is 0 Å². The minimum absolute atomic E-state index is 0.209. The number of aliphatic carboxylic acids is 2. The second-order valence-corrected chi connectivity index (χ2v) is 14.3. The minimum atomic E-state index is -1.13. The van der Waals surface area contributed by atoms with Crippen molar-refractivity contribution in [1.82, 2.24) is 9.80 Å². The zero-order valence-corrected chi connectivity index (χ0v) is 25.0. The van der Waals surface area contributed by atoms with Gasteiger partial charge < -0.3 is 10.2 Å². The van der Waals surface area contributed by atoms with Crippen molar-refractivity contribution in [2.75, 3.05) is 0 Å². The molecule has 6 nitrogen and oxygen atoms in total. The van der Waals surface area contributed by atoms with Gasteiger partial charge in [-0.3, -0.25) is 14.6 Å². The summed E-state index contributed by atoms with van der Waals surface area (Å²) >= 11 is 0. The Labute approximate surface area is 221 Å². The van der Waals surface area contributed by atoms with Gasteiger partial charge in [0.1, 0.15) is 0 Å².